The van der Waals surface area contributed by atoms with Crippen LogP contribution in [0.2, 0.25) is 0 Å². The number of hydrogen-bond donors (Lipinski definition) is 3. The summed E-state index contributed by atoms with van der Waals surface area (Å²) in [5, 5.41) is 19.3. The lowest BCUT2D eigenvalue weighted by Gasteiger charge is -2.50. The van der Waals surface area contributed by atoms with Crippen molar-refractivity contribution in [2.75, 3.05) is 0 Å². The fraction of sp³-hybridized carbons (Fsp3) is 0.500. The smallest absolute Gasteiger partial charge is 0.187 e. The minimum atomic E-state index is 0.104. The van der Waals surface area contributed by atoms with Crippen LogP contribution in [0.4, 0.5) is 0 Å². The highest BCUT2D eigenvalue weighted by molar-refractivity contribution is 7.80. The lowest BCUT2D eigenvalue weighted by atomic mass is 9.61. The molecule has 2 atom stereocenters. The standard InChI is InChI=1S/C22H28N4OS/c1-14-8-16-9-15(2)11-22(10-14,12-16)25-21(28)26-23-13-18-7-6-17-4-3-5-19(27)20(17)24-18/h3-7,13-16,27H,8-12H2,1-2H3,(H2,25,26,28)/b23-13+. The van der Waals surface area contributed by atoms with E-state index in [1.807, 2.05) is 18.2 Å². The van der Waals surface area contributed by atoms with Gasteiger partial charge in [-0.3, -0.25) is 5.43 Å². The third kappa shape index (κ3) is 4.12. The van der Waals surface area contributed by atoms with Crippen molar-refractivity contribution in [2.45, 2.75) is 51.5 Å². The molecule has 1 aromatic heterocycles. The molecule has 0 spiro atoms. The number of nitrogens with zero attached hydrogens (tertiary/aromatic N) is 2. The number of benzene rings is 1. The number of nitrogens with one attached hydrogen (secondary N) is 2. The third-order valence-electron chi connectivity index (χ3n) is 6.09. The Morgan fingerprint density at radius 3 is 2.68 bits per heavy atom. The lowest BCUT2D eigenvalue weighted by Crippen LogP contribution is -2.57. The summed E-state index contributed by atoms with van der Waals surface area (Å²) in [4.78, 5) is 4.45. The summed E-state index contributed by atoms with van der Waals surface area (Å²) in [6.45, 7) is 4.71. The van der Waals surface area contributed by atoms with E-state index < -0.39 is 0 Å². The predicted octanol–water partition coefficient (Wildman–Crippen LogP) is 4.34. The van der Waals surface area contributed by atoms with E-state index in [0.29, 0.717) is 16.3 Å². The van der Waals surface area contributed by atoms with E-state index in [-0.39, 0.29) is 11.3 Å². The van der Waals surface area contributed by atoms with Crippen molar-refractivity contribution < 1.29 is 5.11 Å². The fourth-order valence-electron chi connectivity index (χ4n) is 5.50. The number of aromatic nitrogens is 1. The van der Waals surface area contributed by atoms with Gasteiger partial charge < -0.3 is 10.4 Å². The zero-order chi connectivity index (χ0) is 19.7. The fourth-order valence-corrected chi connectivity index (χ4v) is 5.77. The van der Waals surface area contributed by atoms with Crippen LogP contribution in [0.25, 0.3) is 10.9 Å². The molecule has 2 aromatic rings. The highest BCUT2D eigenvalue weighted by atomic mass is 32.1. The van der Waals surface area contributed by atoms with Gasteiger partial charge in [-0.1, -0.05) is 32.0 Å². The van der Waals surface area contributed by atoms with Crippen LogP contribution in [0, 0.1) is 17.8 Å². The van der Waals surface area contributed by atoms with E-state index in [0.717, 1.165) is 23.1 Å². The van der Waals surface area contributed by atoms with Crippen LogP contribution in [-0.4, -0.2) is 27.0 Å². The highest BCUT2D eigenvalue weighted by Gasteiger charge is 2.44. The Labute approximate surface area is 171 Å². The van der Waals surface area contributed by atoms with Crippen molar-refractivity contribution >= 4 is 34.4 Å². The average Bonchev–Trinajstić information content (AvgIpc) is 2.60. The Hall–Kier alpha value is -2.21. The van der Waals surface area contributed by atoms with Gasteiger partial charge in [-0.05, 0) is 74.2 Å². The Morgan fingerprint density at radius 1 is 1.18 bits per heavy atom. The largest absolute Gasteiger partial charge is 0.506 e. The number of phenolic OH excluding ortho intramolecular Hbond substituents is 1. The van der Waals surface area contributed by atoms with Gasteiger partial charge in [0.2, 0.25) is 0 Å². The zero-order valence-corrected chi connectivity index (χ0v) is 17.3. The number of thiocarbonyl (C=S) groups is 1. The first-order chi connectivity index (χ1) is 13.4. The molecule has 5 nitrogen and oxygen atoms in total. The molecule has 2 fully saturated rings. The van der Waals surface area contributed by atoms with Crippen molar-refractivity contribution in [1.29, 1.82) is 0 Å². The first-order valence-corrected chi connectivity index (χ1v) is 10.5. The van der Waals surface area contributed by atoms with Crippen LogP contribution in [0.3, 0.4) is 0 Å². The van der Waals surface area contributed by atoms with E-state index in [1.54, 1.807) is 18.3 Å². The van der Waals surface area contributed by atoms with Crippen molar-refractivity contribution in [2.24, 2.45) is 22.9 Å². The Balaban J connectivity index is 1.41. The van der Waals surface area contributed by atoms with Gasteiger partial charge in [-0.2, -0.15) is 5.10 Å². The topological polar surface area (TPSA) is 69.5 Å². The molecule has 6 heteroatoms. The highest BCUT2D eigenvalue weighted by Crippen LogP contribution is 2.47. The molecule has 0 aliphatic heterocycles. The summed E-state index contributed by atoms with van der Waals surface area (Å²) in [7, 11) is 0. The molecule has 2 aliphatic rings. The maximum atomic E-state index is 9.96. The molecule has 0 radical (unpaired) electrons. The van der Waals surface area contributed by atoms with Crippen molar-refractivity contribution in [1.82, 2.24) is 15.7 Å². The number of para-hydroxylation sites is 1. The van der Waals surface area contributed by atoms with E-state index in [9.17, 15) is 5.11 Å². The normalized spacial score (nSPS) is 29.7. The molecule has 2 unspecified atom stereocenters. The average molecular weight is 397 g/mol. The van der Waals surface area contributed by atoms with Gasteiger partial charge in [0.05, 0.1) is 11.9 Å². The van der Waals surface area contributed by atoms with Crippen LogP contribution in [0.1, 0.15) is 51.6 Å². The molecule has 2 bridgehead atoms. The first kappa shape index (κ1) is 19.1. The molecule has 0 amide bonds. The number of hydrogen-bond acceptors (Lipinski definition) is 4. The molecule has 1 aromatic carbocycles. The molecule has 2 aliphatic carbocycles. The quantitative estimate of drug-likeness (QED) is 0.409. The summed E-state index contributed by atoms with van der Waals surface area (Å²) in [5.41, 5.74) is 4.30. The number of hydrazone groups is 1. The molecule has 3 N–H and O–H groups in total. The predicted molar refractivity (Wildman–Crippen MR) is 118 cm³/mol. The van der Waals surface area contributed by atoms with E-state index in [1.165, 1.54) is 32.1 Å². The van der Waals surface area contributed by atoms with Crippen LogP contribution < -0.4 is 10.7 Å². The number of pyridine rings is 1. The Bertz CT molecular complexity index is 893. The minimum Gasteiger partial charge on any atom is -0.506 e. The molecular weight excluding hydrogens is 368 g/mol. The number of fused-ring (bicyclic) bond motifs is 3. The second-order valence-corrected chi connectivity index (χ2v) is 9.26. The van der Waals surface area contributed by atoms with Crippen LogP contribution in [0.15, 0.2) is 35.4 Å². The summed E-state index contributed by atoms with van der Waals surface area (Å²) in [6.07, 6.45) is 7.86. The van der Waals surface area contributed by atoms with Crippen LogP contribution in [0.5, 0.6) is 5.75 Å². The van der Waals surface area contributed by atoms with Crippen molar-refractivity contribution in [3.63, 3.8) is 0 Å². The summed E-state index contributed by atoms with van der Waals surface area (Å²) >= 11 is 5.53. The first-order valence-electron chi connectivity index (χ1n) is 10.1. The second-order valence-electron chi connectivity index (χ2n) is 8.85. The van der Waals surface area contributed by atoms with E-state index in [4.69, 9.17) is 12.2 Å². The maximum absolute atomic E-state index is 9.96. The monoisotopic (exact) mass is 396 g/mol. The maximum Gasteiger partial charge on any atom is 0.187 e. The van der Waals surface area contributed by atoms with Gasteiger partial charge in [0, 0.05) is 10.9 Å². The molecule has 28 heavy (non-hydrogen) atoms. The molecule has 0 saturated heterocycles. The van der Waals surface area contributed by atoms with Gasteiger partial charge in [0.1, 0.15) is 11.3 Å². The van der Waals surface area contributed by atoms with E-state index >= 15 is 0 Å². The molecular formula is C22H28N4OS. The number of phenols is 1. The van der Waals surface area contributed by atoms with Crippen LogP contribution >= 0.6 is 12.2 Å². The van der Waals surface area contributed by atoms with Gasteiger partial charge in [-0.25, -0.2) is 4.98 Å². The molecule has 2 saturated carbocycles. The molecule has 148 valence electrons. The van der Waals surface area contributed by atoms with Gasteiger partial charge in [0.25, 0.3) is 0 Å². The number of aromatic hydroxyl groups is 1. The lowest BCUT2D eigenvalue weighted by molar-refractivity contribution is 0.0693. The van der Waals surface area contributed by atoms with E-state index in [2.05, 4.69) is 34.7 Å². The second kappa shape index (κ2) is 7.66. The van der Waals surface area contributed by atoms with Crippen LogP contribution in [-0.2, 0) is 0 Å². The summed E-state index contributed by atoms with van der Waals surface area (Å²) in [6, 6.07) is 9.16. The van der Waals surface area contributed by atoms with Gasteiger partial charge >= 0.3 is 0 Å². The van der Waals surface area contributed by atoms with Crippen molar-refractivity contribution in [3.8, 4) is 5.75 Å². The molecule has 1 heterocycles. The third-order valence-corrected chi connectivity index (χ3v) is 6.28. The minimum absolute atomic E-state index is 0.104. The Morgan fingerprint density at radius 2 is 1.93 bits per heavy atom. The van der Waals surface area contributed by atoms with Gasteiger partial charge in [0.15, 0.2) is 5.11 Å². The number of rotatable bonds is 3. The molecule has 4 rings (SSSR count). The van der Waals surface area contributed by atoms with Crippen molar-refractivity contribution in [3.05, 3.63) is 36.0 Å². The summed E-state index contributed by atoms with van der Waals surface area (Å²) in [5.74, 6) is 2.45. The zero-order valence-electron chi connectivity index (χ0n) is 16.5. The SMILES string of the molecule is CC1CC2CC(C)CC(NC(=S)N/N=C/c3ccc4cccc(O)c4n3)(C1)C2. The summed E-state index contributed by atoms with van der Waals surface area (Å²) < 4.78 is 0. The Kier molecular flexibility index (Phi) is 5.23. The van der Waals surface area contributed by atoms with Gasteiger partial charge in [-0.15, -0.1) is 0 Å².